The molecule has 0 aliphatic rings. The molecule has 0 radical (unpaired) electrons. The average molecular weight is 401 g/mol. The molecule has 5 nitrogen and oxygen atoms in total. The van der Waals surface area contributed by atoms with E-state index in [2.05, 4.69) is 10.5 Å². The van der Waals surface area contributed by atoms with Crippen molar-refractivity contribution in [3.8, 4) is 11.5 Å². The van der Waals surface area contributed by atoms with Gasteiger partial charge in [-0.05, 0) is 41.3 Å². The maximum Gasteiger partial charge on any atom is 0.281 e. The second kappa shape index (κ2) is 9.21. The highest BCUT2D eigenvalue weighted by molar-refractivity contribution is 7.12. The number of benzene rings is 2. The molecule has 0 aliphatic heterocycles. The molecule has 27 heavy (non-hydrogen) atoms. The van der Waals surface area contributed by atoms with E-state index in [1.165, 1.54) is 11.3 Å². The van der Waals surface area contributed by atoms with Gasteiger partial charge >= 0.3 is 0 Å². The van der Waals surface area contributed by atoms with E-state index in [1.807, 2.05) is 41.8 Å². The topological polar surface area (TPSA) is 59.9 Å². The zero-order valence-electron chi connectivity index (χ0n) is 14.5. The summed E-state index contributed by atoms with van der Waals surface area (Å²) in [7, 11) is 1.57. The van der Waals surface area contributed by atoms with Crippen molar-refractivity contribution in [3.05, 3.63) is 81.0 Å². The number of rotatable bonds is 7. The zero-order valence-corrected chi connectivity index (χ0v) is 16.1. The predicted octanol–water partition coefficient (Wildman–Crippen LogP) is 4.75. The number of hydrogen-bond acceptors (Lipinski definition) is 5. The van der Waals surface area contributed by atoms with Gasteiger partial charge < -0.3 is 9.47 Å². The number of carbonyl (C=O) groups is 1. The van der Waals surface area contributed by atoms with E-state index in [0.717, 1.165) is 11.1 Å². The molecule has 0 bridgehead atoms. The van der Waals surface area contributed by atoms with E-state index in [0.29, 0.717) is 28.0 Å². The molecule has 0 unspecified atom stereocenters. The molecular formula is C20H17ClN2O3S. The summed E-state index contributed by atoms with van der Waals surface area (Å²) in [6, 6.07) is 16.5. The van der Waals surface area contributed by atoms with Crippen LogP contribution in [0.5, 0.6) is 11.5 Å². The fourth-order valence-corrected chi connectivity index (χ4v) is 3.09. The lowest BCUT2D eigenvalue weighted by molar-refractivity contribution is 0.0959. The Bertz CT molecular complexity index is 942. The first-order valence-electron chi connectivity index (χ1n) is 8.08. The highest BCUT2D eigenvalue weighted by Crippen LogP contribution is 2.29. The predicted molar refractivity (Wildman–Crippen MR) is 108 cm³/mol. The van der Waals surface area contributed by atoms with Crippen LogP contribution in [0, 0.1) is 0 Å². The Morgan fingerprint density at radius 3 is 2.78 bits per heavy atom. The summed E-state index contributed by atoms with van der Waals surface area (Å²) < 4.78 is 11.2. The number of thiophene rings is 1. The molecule has 1 heterocycles. The monoisotopic (exact) mass is 400 g/mol. The number of carbonyl (C=O) groups excluding carboxylic acids is 1. The largest absolute Gasteiger partial charge is 0.493 e. The summed E-state index contributed by atoms with van der Waals surface area (Å²) in [6.45, 7) is 0.334. The van der Waals surface area contributed by atoms with Crippen molar-refractivity contribution < 1.29 is 14.3 Å². The molecule has 7 heteroatoms. The van der Waals surface area contributed by atoms with Gasteiger partial charge in [0.25, 0.3) is 5.91 Å². The first kappa shape index (κ1) is 18.9. The van der Waals surface area contributed by atoms with Crippen molar-refractivity contribution in [1.29, 1.82) is 0 Å². The van der Waals surface area contributed by atoms with Crippen LogP contribution >= 0.6 is 22.9 Å². The quantitative estimate of drug-likeness (QED) is 0.459. The molecule has 2 aromatic carbocycles. The molecule has 1 amide bonds. The summed E-state index contributed by atoms with van der Waals surface area (Å²) in [5.74, 6) is 0.917. The van der Waals surface area contributed by atoms with Gasteiger partial charge in [-0.2, -0.15) is 5.10 Å². The van der Waals surface area contributed by atoms with Crippen LogP contribution in [0.3, 0.4) is 0 Å². The third-order valence-electron chi connectivity index (χ3n) is 3.65. The Kier molecular flexibility index (Phi) is 6.46. The van der Waals surface area contributed by atoms with Crippen LogP contribution < -0.4 is 14.9 Å². The number of amides is 1. The number of halogens is 1. The summed E-state index contributed by atoms with van der Waals surface area (Å²) in [5, 5.41) is 6.47. The van der Waals surface area contributed by atoms with Crippen molar-refractivity contribution in [2.24, 2.45) is 5.10 Å². The minimum absolute atomic E-state index is 0.243. The number of ether oxygens (including phenoxy) is 2. The third-order valence-corrected chi connectivity index (χ3v) is 4.89. The van der Waals surface area contributed by atoms with Gasteiger partial charge in [0, 0.05) is 10.6 Å². The molecule has 3 aromatic rings. The number of nitrogens with one attached hydrogen (secondary N) is 1. The molecule has 0 fully saturated rings. The first-order valence-corrected chi connectivity index (χ1v) is 9.34. The van der Waals surface area contributed by atoms with Gasteiger partial charge in [0.1, 0.15) is 6.61 Å². The van der Waals surface area contributed by atoms with Crippen LogP contribution in [-0.2, 0) is 6.61 Å². The van der Waals surface area contributed by atoms with Crippen LogP contribution in [0.4, 0.5) is 0 Å². The van der Waals surface area contributed by atoms with Crippen molar-refractivity contribution in [3.63, 3.8) is 0 Å². The molecule has 0 saturated heterocycles. The lowest BCUT2D eigenvalue weighted by Gasteiger charge is -2.12. The number of methoxy groups -OCH3 is 1. The minimum Gasteiger partial charge on any atom is -0.493 e. The van der Waals surface area contributed by atoms with Crippen molar-refractivity contribution in [2.75, 3.05) is 7.11 Å². The second-order valence-corrected chi connectivity index (χ2v) is 6.82. The van der Waals surface area contributed by atoms with Gasteiger partial charge in [0.2, 0.25) is 0 Å². The normalized spacial score (nSPS) is 10.7. The summed E-state index contributed by atoms with van der Waals surface area (Å²) >= 11 is 7.50. The molecule has 3 rings (SSSR count). The zero-order chi connectivity index (χ0) is 19.1. The SMILES string of the molecule is COc1cc(C=NNC(=O)c2cccs2)ccc1OCc1ccccc1Cl. The van der Waals surface area contributed by atoms with E-state index in [-0.39, 0.29) is 5.91 Å². The van der Waals surface area contributed by atoms with E-state index in [1.54, 1.807) is 31.5 Å². The first-order chi connectivity index (χ1) is 13.2. The van der Waals surface area contributed by atoms with E-state index in [9.17, 15) is 4.79 Å². The molecule has 0 saturated carbocycles. The fourth-order valence-electron chi connectivity index (χ4n) is 2.28. The maximum atomic E-state index is 11.9. The minimum atomic E-state index is -0.243. The Morgan fingerprint density at radius 1 is 1.19 bits per heavy atom. The Hall–Kier alpha value is -2.83. The molecule has 1 aromatic heterocycles. The molecule has 1 N–H and O–H groups in total. The van der Waals surface area contributed by atoms with Crippen LogP contribution in [-0.4, -0.2) is 19.2 Å². The number of nitrogens with zero attached hydrogens (tertiary/aromatic N) is 1. The fraction of sp³-hybridized carbons (Fsp3) is 0.100. The molecule has 138 valence electrons. The van der Waals surface area contributed by atoms with Gasteiger partial charge in [-0.3, -0.25) is 4.79 Å². The van der Waals surface area contributed by atoms with Gasteiger partial charge in [-0.25, -0.2) is 5.43 Å². The van der Waals surface area contributed by atoms with Gasteiger partial charge in [0.05, 0.1) is 18.2 Å². The number of hydrazone groups is 1. The van der Waals surface area contributed by atoms with Gasteiger partial charge in [0.15, 0.2) is 11.5 Å². The van der Waals surface area contributed by atoms with Crippen molar-refractivity contribution in [1.82, 2.24) is 5.43 Å². The molecule has 0 spiro atoms. The standard InChI is InChI=1S/C20H17ClN2O3S/c1-25-18-11-14(12-22-23-20(24)19-7-4-10-27-19)8-9-17(18)26-13-15-5-2-3-6-16(15)21/h2-12H,13H2,1H3,(H,23,24). The summed E-state index contributed by atoms with van der Waals surface area (Å²) in [4.78, 5) is 12.5. The summed E-state index contributed by atoms with van der Waals surface area (Å²) in [6.07, 6.45) is 1.55. The van der Waals surface area contributed by atoms with Crippen LogP contribution in [0.2, 0.25) is 5.02 Å². The lowest BCUT2D eigenvalue weighted by atomic mass is 10.2. The van der Waals surface area contributed by atoms with Crippen molar-refractivity contribution >= 4 is 35.1 Å². The smallest absolute Gasteiger partial charge is 0.281 e. The Morgan fingerprint density at radius 2 is 2.04 bits per heavy atom. The number of hydrogen-bond donors (Lipinski definition) is 1. The van der Waals surface area contributed by atoms with E-state index >= 15 is 0 Å². The van der Waals surface area contributed by atoms with Gasteiger partial charge in [-0.15, -0.1) is 11.3 Å². The third kappa shape index (κ3) is 5.09. The van der Waals surface area contributed by atoms with Crippen LogP contribution in [0.25, 0.3) is 0 Å². The molecule has 0 atom stereocenters. The maximum absolute atomic E-state index is 11.9. The van der Waals surface area contributed by atoms with E-state index < -0.39 is 0 Å². The highest BCUT2D eigenvalue weighted by Gasteiger charge is 2.08. The lowest BCUT2D eigenvalue weighted by Crippen LogP contribution is -2.16. The summed E-state index contributed by atoms with van der Waals surface area (Å²) in [5.41, 5.74) is 4.15. The van der Waals surface area contributed by atoms with Crippen molar-refractivity contribution in [2.45, 2.75) is 6.61 Å². The second-order valence-electron chi connectivity index (χ2n) is 5.47. The van der Waals surface area contributed by atoms with Crippen LogP contribution in [0.15, 0.2) is 65.1 Å². The Balaban J connectivity index is 1.64. The van der Waals surface area contributed by atoms with Crippen LogP contribution in [0.1, 0.15) is 20.8 Å². The van der Waals surface area contributed by atoms with Gasteiger partial charge in [-0.1, -0.05) is 35.9 Å². The molecule has 0 aliphatic carbocycles. The average Bonchev–Trinajstić information content (AvgIpc) is 3.22. The molecular weight excluding hydrogens is 384 g/mol. The van der Waals surface area contributed by atoms with E-state index in [4.69, 9.17) is 21.1 Å². The Labute approximate surface area is 166 Å². The highest BCUT2D eigenvalue weighted by atomic mass is 35.5.